The molecular formula is C47H66N20O7. The van der Waals surface area contributed by atoms with Gasteiger partial charge in [0.2, 0.25) is 23.7 Å². The van der Waals surface area contributed by atoms with Crippen LogP contribution in [0.2, 0.25) is 0 Å². The first-order chi connectivity index (χ1) is 36.0. The molecule has 0 spiro atoms. The lowest BCUT2D eigenvalue weighted by Crippen LogP contribution is -2.44. The second-order valence-corrected chi connectivity index (χ2v) is 19.6. The zero-order valence-corrected chi connectivity index (χ0v) is 41.6. The molecule has 8 heterocycles. The Morgan fingerprint density at radius 1 is 0.622 bits per heavy atom. The molecule has 0 radical (unpaired) electrons. The zero-order valence-electron chi connectivity index (χ0n) is 41.6. The highest BCUT2D eigenvalue weighted by atomic mass is 16.3. The molecule has 27 heteroatoms. The fraction of sp³-hybridized carbons (Fsp3) is 0.596. The number of hydrogen-bond donors (Lipinski definition) is 10. The number of carbonyl (C=O) groups is 3. The molecule has 10 N–H and O–H groups in total. The molecule has 0 aromatic carbocycles. The van der Waals surface area contributed by atoms with E-state index in [4.69, 9.17) is 24.9 Å². The SMILES string of the molecule is CCn1cnc(CCNc2nc(N[C@@H]3CCN(C(=O)N4CC[C@@H](Nc5nc(NCCc6cn(CC)cn6)nc6c5ncn6[C@@H]5C[C@H](NC(=O)CO)[C@@H](O)[C@H]5O)C4)C3)c3ncn([C@H]4CC[C@@H](NC(=O)CO)C4)c3n2)c1. The minimum atomic E-state index is -1.29. The van der Waals surface area contributed by atoms with Crippen LogP contribution in [0, 0.1) is 0 Å². The molecular weight excluding hydrogens is 957 g/mol. The summed E-state index contributed by atoms with van der Waals surface area (Å²) in [5.41, 5.74) is 3.97. The number of likely N-dealkylation sites (tertiary alicyclic amines) is 2. The molecule has 2 saturated heterocycles. The molecule has 2 aliphatic carbocycles. The highest BCUT2D eigenvalue weighted by Gasteiger charge is 2.44. The number of imidazole rings is 4. The van der Waals surface area contributed by atoms with Gasteiger partial charge in [-0.15, -0.1) is 0 Å². The molecule has 2 saturated carbocycles. The van der Waals surface area contributed by atoms with E-state index in [0.29, 0.717) is 117 Å². The number of nitrogens with one attached hydrogen (secondary N) is 6. The van der Waals surface area contributed by atoms with Gasteiger partial charge in [-0.05, 0) is 52.4 Å². The number of anilines is 4. The van der Waals surface area contributed by atoms with E-state index < -0.39 is 49.3 Å². The summed E-state index contributed by atoms with van der Waals surface area (Å²) in [5.74, 6) is 0.694. The molecule has 396 valence electrons. The lowest BCUT2D eigenvalue weighted by Gasteiger charge is -2.25. The quantitative estimate of drug-likeness (QED) is 0.0475. The van der Waals surface area contributed by atoms with Crippen LogP contribution in [0.1, 0.15) is 75.8 Å². The van der Waals surface area contributed by atoms with Crippen molar-refractivity contribution in [2.24, 2.45) is 0 Å². The highest BCUT2D eigenvalue weighted by molar-refractivity contribution is 5.86. The lowest BCUT2D eigenvalue weighted by molar-refractivity contribution is -0.125. The van der Waals surface area contributed by atoms with Gasteiger partial charge in [0.05, 0.1) is 48.8 Å². The Hall–Kier alpha value is -7.23. The zero-order chi connectivity index (χ0) is 51.5. The third-order valence-corrected chi connectivity index (χ3v) is 14.7. The van der Waals surface area contributed by atoms with E-state index in [2.05, 4.69) is 53.8 Å². The van der Waals surface area contributed by atoms with Crippen molar-refractivity contribution < 1.29 is 34.8 Å². The van der Waals surface area contributed by atoms with Crippen LogP contribution in [0.3, 0.4) is 0 Å². The first-order valence-electron chi connectivity index (χ1n) is 25.7. The Balaban J connectivity index is 0.815. The van der Waals surface area contributed by atoms with Gasteiger partial charge in [0.15, 0.2) is 34.0 Å². The van der Waals surface area contributed by atoms with Crippen molar-refractivity contribution in [3.63, 3.8) is 0 Å². The number of urea groups is 1. The summed E-state index contributed by atoms with van der Waals surface area (Å²) in [6.45, 7) is 7.39. The average Bonchev–Trinajstić information content (AvgIpc) is 4.27. The minimum Gasteiger partial charge on any atom is -0.388 e. The van der Waals surface area contributed by atoms with Crippen LogP contribution in [0.4, 0.5) is 28.3 Å². The van der Waals surface area contributed by atoms with E-state index in [1.54, 1.807) is 23.5 Å². The van der Waals surface area contributed by atoms with Gasteiger partial charge < -0.3 is 80.4 Å². The normalized spacial score (nSPS) is 23.8. The number of fused-ring (bicyclic) bond motifs is 2. The summed E-state index contributed by atoms with van der Waals surface area (Å²) in [5, 5.41) is 60.1. The number of rotatable bonds is 20. The first-order valence-corrected chi connectivity index (χ1v) is 25.7. The third-order valence-electron chi connectivity index (χ3n) is 14.7. The number of hydrogen-bond acceptors (Lipinski definition) is 19. The molecule has 4 fully saturated rings. The van der Waals surface area contributed by atoms with Crippen molar-refractivity contribution in [2.45, 2.75) is 127 Å². The Morgan fingerprint density at radius 3 is 1.70 bits per heavy atom. The summed E-state index contributed by atoms with van der Waals surface area (Å²) in [7, 11) is 0. The number of aryl methyl sites for hydroxylation is 2. The molecule has 0 unspecified atom stereocenters. The van der Waals surface area contributed by atoms with E-state index in [1.165, 1.54) is 0 Å². The van der Waals surface area contributed by atoms with Gasteiger partial charge in [-0.2, -0.15) is 19.9 Å². The smallest absolute Gasteiger partial charge is 0.320 e. The van der Waals surface area contributed by atoms with E-state index in [9.17, 15) is 34.8 Å². The van der Waals surface area contributed by atoms with Crippen LogP contribution in [-0.4, -0.2) is 195 Å². The second kappa shape index (κ2) is 22.1. The minimum absolute atomic E-state index is 0.0314. The van der Waals surface area contributed by atoms with Crippen LogP contribution in [-0.2, 0) is 35.5 Å². The molecule has 4 amide bonds. The molecule has 0 bridgehead atoms. The van der Waals surface area contributed by atoms with Crippen molar-refractivity contribution in [1.82, 2.24) is 78.6 Å². The number of nitrogens with zero attached hydrogens (tertiary/aromatic N) is 14. The Bertz CT molecular complexity index is 2940. The third kappa shape index (κ3) is 10.9. The molecule has 74 heavy (non-hydrogen) atoms. The summed E-state index contributed by atoms with van der Waals surface area (Å²) >= 11 is 0. The number of aliphatic hydroxyl groups is 4. The Kier molecular flexibility index (Phi) is 15.0. The largest absolute Gasteiger partial charge is 0.388 e. The Labute approximate surface area is 425 Å². The molecule has 27 nitrogen and oxygen atoms in total. The first kappa shape index (κ1) is 50.3. The average molecular weight is 1020 g/mol. The maximum Gasteiger partial charge on any atom is 0.320 e. The van der Waals surface area contributed by atoms with Crippen LogP contribution >= 0.6 is 0 Å². The molecule has 6 aromatic rings. The Morgan fingerprint density at radius 2 is 1.16 bits per heavy atom. The predicted molar refractivity (Wildman–Crippen MR) is 270 cm³/mol. The molecule has 2 aliphatic heterocycles. The highest BCUT2D eigenvalue weighted by Crippen LogP contribution is 2.36. The van der Waals surface area contributed by atoms with E-state index in [0.717, 1.165) is 37.3 Å². The van der Waals surface area contributed by atoms with E-state index in [1.807, 2.05) is 49.1 Å². The van der Waals surface area contributed by atoms with Gasteiger partial charge in [0, 0.05) is 102 Å². The van der Waals surface area contributed by atoms with Gasteiger partial charge in [-0.3, -0.25) is 9.59 Å². The second-order valence-electron chi connectivity index (χ2n) is 19.6. The number of amides is 4. The lowest BCUT2D eigenvalue weighted by atomic mass is 10.2. The van der Waals surface area contributed by atoms with Gasteiger partial charge in [0.1, 0.15) is 25.4 Å². The maximum atomic E-state index is 14.2. The van der Waals surface area contributed by atoms with Gasteiger partial charge >= 0.3 is 6.03 Å². The number of aliphatic hydroxyl groups excluding tert-OH is 4. The van der Waals surface area contributed by atoms with Crippen molar-refractivity contribution in [3.05, 3.63) is 49.1 Å². The van der Waals surface area contributed by atoms with Crippen molar-refractivity contribution in [3.8, 4) is 0 Å². The van der Waals surface area contributed by atoms with Gasteiger partial charge in [-0.1, -0.05) is 0 Å². The standard InChI is InChI=1S/C47H66N20O7/c1-3-62-17-28(50-23-62)7-11-48-45-58-41(37-43(60-45)66(25-52-37)32-6-5-27(15-32)54-35(70)21-68)55-30-9-13-64(19-30)47(74)65-14-10-31(20-65)56-42-38-44(61-46(59-42)49-12-8-29-18-63(4-2)24-51-29)67(26-53-38)34-16-33(39(72)40(34)73)57-36(71)22-69/h17-18,23-27,30-34,39-40,68-69,72-73H,3-16,19-22H2,1-2H3,(H,54,70)(H,57,71)(H2,48,55,58,60)(H2,49,56,59,61)/t27-,30-,31-,32+,33+,34-,39-,40+/m1/s1. The van der Waals surface area contributed by atoms with Crippen molar-refractivity contribution in [1.29, 1.82) is 0 Å². The van der Waals surface area contributed by atoms with Gasteiger partial charge in [0.25, 0.3) is 0 Å². The summed E-state index contributed by atoms with van der Waals surface area (Å²) < 4.78 is 7.76. The van der Waals surface area contributed by atoms with E-state index >= 15 is 0 Å². The van der Waals surface area contributed by atoms with Gasteiger partial charge in [-0.25, -0.2) is 24.7 Å². The fourth-order valence-corrected chi connectivity index (χ4v) is 10.7. The topological polar surface area (TPSA) is 334 Å². The van der Waals surface area contributed by atoms with Crippen molar-refractivity contribution >= 4 is 63.7 Å². The number of carbonyl (C=O) groups excluding carboxylic acids is 3. The maximum absolute atomic E-state index is 14.2. The summed E-state index contributed by atoms with van der Waals surface area (Å²) in [6.07, 6.45) is 13.4. The molecule has 10 rings (SSSR count). The van der Waals surface area contributed by atoms with Crippen LogP contribution < -0.4 is 31.9 Å². The molecule has 8 atom stereocenters. The predicted octanol–water partition coefficient (Wildman–Crippen LogP) is -0.154. The van der Waals surface area contributed by atoms with E-state index in [-0.39, 0.29) is 36.6 Å². The van der Waals surface area contributed by atoms with Crippen LogP contribution in [0.15, 0.2) is 37.7 Å². The summed E-state index contributed by atoms with van der Waals surface area (Å²) in [6, 6.07) is -1.91. The van der Waals surface area contributed by atoms with Crippen LogP contribution in [0.5, 0.6) is 0 Å². The number of aromatic nitrogens is 12. The monoisotopic (exact) mass is 1020 g/mol. The van der Waals surface area contributed by atoms with Crippen molar-refractivity contribution in [2.75, 3.05) is 73.7 Å². The molecule has 6 aromatic heterocycles. The van der Waals surface area contributed by atoms with Crippen LogP contribution in [0.25, 0.3) is 22.3 Å². The summed E-state index contributed by atoms with van der Waals surface area (Å²) in [4.78, 5) is 79.9. The fourth-order valence-electron chi connectivity index (χ4n) is 10.7. The molecule has 4 aliphatic rings.